The highest BCUT2D eigenvalue weighted by atomic mass is 16.5. The molecule has 1 heterocycles. The molecular formula is C16H26N2O. The average molecular weight is 262 g/mol. The number of aryl methyl sites for hydroxylation is 1. The molecule has 19 heavy (non-hydrogen) atoms. The Morgan fingerprint density at radius 2 is 2.26 bits per heavy atom. The van der Waals surface area contributed by atoms with Crippen LogP contribution < -0.4 is 5.32 Å². The summed E-state index contributed by atoms with van der Waals surface area (Å²) < 4.78 is 5.72. The van der Waals surface area contributed by atoms with E-state index in [1.165, 1.54) is 11.1 Å². The number of nitrogens with zero attached hydrogens (tertiary/aromatic N) is 1. The van der Waals surface area contributed by atoms with Crippen molar-refractivity contribution >= 4 is 0 Å². The van der Waals surface area contributed by atoms with Gasteiger partial charge in [-0.25, -0.2) is 0 Å². The predicted molar refractivity (Wildman–Crippen MR) is 79.6 cm³/mol. The molecule has 0 aromatic heterocycles. The van der Waals surface area contributed by atoms with Crippen molar-refractivity contribution in [3.05, 3.63) is 35.4 Å². The van der Waals surface area contributed by atoms with E-state index in [0.29, 0.717) is 6.10 Å². The normalized spacial score (nSPS) is 19.8. The first-order chi connectivity index (χ1) is 9.24. The molecule has 1 aromatic rings. The Kier molecular flexibility index (Phi) is 5.83. The van der Waals surface area contributed by atoms with Gasteiger partial charge in [0.1, 0.15) is 0 Å². The lowest BCUT2D eigenvalue weighted by molar-refractivity contribution is 0.0188. The number of hydrogen-bond donors (Lipinski definition) is 1. The van der Waals surface area contributed by atoms with Crippen molar-refractivity contribution in [1.82, 2.24) is 10.2 Å². The van der Waals surface area contributed by atoms with Gasteiger partial charge >= 0.3 is 0 Å². The van der Waals surface area contributed by atoms with Gasteiger partial charge in [0.2, 0.25) is 0 Å². The van der Waals surface area contributed by atoms with Crippen molar-refractivity contribution in [2.75, 3.05) is 39.8 Å². The number of ether oxygens (including phenoxy) is 1. The summed E-state index contributed by atoms with van der Waals surface area (Å²) in [6.45, 7) is 7.24. The summed E-state index contributed by atoms with van der Waals surface area (Å²) >= 11 is 0. The number of likely N-dealkylation sites (N-methyl/N-ethyl adjacent to an activating group) is 1. The fourth-order valence-corrected chi connectivity index (χ4v) is 2.47. The first-order valence-corrected chi connectivity index (χ1v) is 7.30. The van der Waals surface area contributed by atoms with Crippen LogP contribution in [-0.4, -0.2) is 50.8 Å². The Balaban J connectivity index is 1.65. The molecule has 1 aliphatic rings. The number of morpholine rings is 1. The highest BCUT2D eigenvalue weighted by Gasteiger charge is 2.13. The molecular weight excluding hydrogens is 236 g/mol. The molecule has 1 atom stereocenters. The maximum Gasteiger partial charge on any atom is 0.0712 e. The van der Waals surface area contributed by atoms with Gasteiger partial charge in [0.25, 0.3) is 0 Å². The minimum absolute atomic E-state index is 0.398. The third-order valence-electron chi connectivity index (χ3n) is 3.70. The van der Waals surface area contributed by atoms with Crippen molar-refractivity contribution in [2.45, 2.75) is 25.9 Å². The second kappa shape index (κ2) is 7.63. The quantitative estimate of drug-likeness (QED) is 0.847. The summed E-state index contributed by atoms with van der Waals surface area (Å²) in [4.78, 5) is 2.40. The topological polar surface area (TPSA) is 24.5 Å². The van der Waals surface area contributed by atoms with Gasteiger partial charge in [-0.05, 0) is 32.4 Å². The largest absolute Gasteiger partial charge is 0.376 e. The first kappa shape index (κ1) is 14.5. The standard InChI is InChI=1S/C16H26N2O/c1-14-4-3-5-15(12-14)6-9-18(2)10-7-16-13-17-8-11-19-16/h3-5,12,16-17H,6-11,13H2,1-2H3. The summed E-state index contributed by atoms with van der Waals surface area (Å²) in [6.07, 6.45) is 2.65. The van der Waals surface area contributed by atoms with Gasteiger partial charge in [-0.3, -0.25) is 0 Å². The van der Waals surface area contributed by atoms with Crippen molar-refractivity contribution < 1.29 is 4.74 Å². The van der Waals surface area contributed by atoms with Crippen LogP contribution in [0, 0.1) is 6.92 Å². The third-order valence-corrected chi connectivity index (χ3v) is 3.70. The van der Waals surface area contributed by atoms with Crippen LogP contribution in [0.25, 0.3) is 0 Å². The minimum atomic E-state index is 0.398. The average Bonchev–Trinajstić information content (AvgIpc) is 2.44. The van der Waals surface area contributed by atoms with E-state index >= 15 is 0 Å². The Morgan fingerprint density at radius 3 is 3.00 bits per heavy atom. The Bertz CT molecular complexity index is 375. The van der Waals surface area contributed by atoms with E-state index < -0.39 is 0 Å². The molecule has 1 aliphatic heterocycles. The smallest absolute Gasteiger partial charge is 0.0712 e. The van der Waals surface area contributed by atoms with E-state index in [0.717, 1.165) is 45.6 Å². The maximum absolute atomic E-state index is 5.72. The Morgan fingerprint density at radius 1 is 1.37 bits per heavy atom. The van der Waals surface area contributed by atoms with E-state index in [1.807, 2.05) is 0 Å². The van der Waals surface area contributed by atoms with Crippen LogP contribution in [-0.2, 0) is 11.2 Å². The van der Waals surface area contributed by atoms with Gasteiger partial charge < -0.3 is 15.0 Å². The van der Waals surface area contributed by atoms with Gasteiger partial charge in [-0.15, -0.1) is 0 Å². The van der Waals surface area contributed by atoms with E-state index in [1.54, 1.807) is 0 Å². The summed E-state index contributed by atoms with van der Waals surface area (Å²) in [5.41, 5.74) is 2.78. The lowest BCUT2D eigenvalue weighted by Crippen LogP contribution is -2.40. The van der Waals surface area contributed by atoms with Crippen LogP contribution in [0.3, 0.4) is 0 Å². The highest BCUT2D eigenvalue weighted by molar-refractivity contribution is 5.22. The van der Waals surface area contributed by atoms with Crippen LogP contribution >= 0.6 is 0 Å². The molecule has 1 saturated heterocycles. The van der Waals surface area contributed by atoms with Crippen LogP contribution in [0.15, 0.2) is 24.3 Å². The zero-order chi connectivity index (χ0) is 13.5. The zero-order valence-corrected chi connectivity index (χ0v) is 12.2. The van der Waals surface area contributed by atoms with Crippen molar-refractivity contribution in [1.29, 1.82) is 0 Å². The van der Waals surface area contributed by atoms with E-state index in [9.17, 15) is 0 Å². The lowest BCUT2D eigenvalue weighted by Gasteiger charge is -2.25. The summed E-state index contributed by atoms with van der Waals surface area (Å²) in [7, 11) is 2.20. The lowest BCUT2D eigenvalue weighted by atomic mass is 10.1. The monoisotopic (exact) mass is 262 g/mol. The van der Waals surface area contributed by atoms with Crippen molar-refractivity contribution in [3.8, 4) is 0 Å². The zero-order valence-electron chi connectivity index (χ0n) is 12.2. The van der Waals surface area contributed by atoms with Gasteiger partial charge in [0.05, 0.1) is 12.7 Å². The fourth-order valence-electron chi connectivity index (χ4n) is 2.47. The number of hydrogen-bond acceptors (Lipinski definition) is 3. The highest BCUT2D eigenvalue weighted by Crippen LogP contribution is 2.06. The second-order valence-electron chi connectivity index (χ2n) is 5.53. The van der Waals surface area contributed by atoms with Crippen LogP contribution in [0.4, 0.5) is 0 Å². The molecule has 1 N–H and O–H groups in total. The predicted octanol–water partition coefficient (Wildman–Crippen LogP) is 1.85. The minimum Gasteiger partial charge on any atom is -0.376 e. The van der Waals surface area contributed by atoms with E-state index in [-0.39, 0.29) is 0 Å². The molecule has 0 amide bonds. The molecule has 0 spiro atoms. The number of benzene rings is 1. The molecule has 1 fully saturated rings. The Hall–Kier alpha value is -0.900. The molecule has 0 bridgehead atoms. The molecule has 0 saturated carbocycles. The molecule has 106 valence electrons. The summed E-state index contributed by atoms with van der Waals surface area (Å²) in [6, 6.07) is 8.80. The SMILES string of the molecule is Cc1cccc(CCN(C)CCC2CNCCO2)c1. The van der Waals surface area contributed by atoms with Crippen molar-refractivity contribution in [3.63, 3.8) is 0 Å². The van der Waals surface area contributed by atoms with Gasteiger partial charge in [0.15, 0.2) is 0 Å². The summed E-state index contributed by atoms with van der Waals surface area (Å²) in [5, 5.41) is 3.38. The first-order valence-electron chi connectivity index (χ1n) is 7.30. The molecule has 0 radical (unpaired) electrons. The number of rotatable bonds is 6. The van der Waals surface area contributed by atoms with Gasteiger partial charge in [-0.1, -0.05) is 29.8 Å². The van der Waals surface area contributed by atoms with Crippen LogP contribution in [0.5, 0.6) is 0 Å². The van der Waals surface area contributed by atoms with Gasteiger partial charge in [0, 0.05) is 26.2 Å². The molecule has 2 rings (SSSR count). The molecule has 3 nitrogen and oxygen atoms in total. The Labute approximate surface area is 116 Å². The maximum atomic E-state index is 5.72. The molecule has 0 aliphatic carbocycles. The van der Waals surface area contributed by atoms with Gasteiger partial charge in [-0.2, -0.15) is 0 Å². The fraction of sp³-hybridized carbons (Fsp3) is 0.625. The molecule has 3 heteroatoms. The number of nitrogens with one attached hydrogen (secondary N) is 1. The van der Waals surface area contributed by atoms with E-state index in [2.05, 4.69) is 48.5 Å². The van der Waals surface area contributed by atoms with Crippen molar-refractivity contribution in [2.24, 2.45) is 0 Å². The van der Waals surface area contributed by atoms with Crippen LogP contribution in [0.1, 0.15) is 17.5 Å². The molecule has 1 unspecified atom stereocenters. The second-order valence-corrected chi connectivity index (χ2v) is 5.53. The molecule has 1 aromatic carbocycles. The third kappa shape index (κ3) is 5.31. The van der Waals surface area contributed by atoms with E-state index in [4.69, 9.17) is 4.74 Å². The van der Waals surface area contributed by atoms with Crippen LogP contribution in [0.2, 0.25) is 0 Å². The summed E-state index contributed by atoms with van der Waals surface area (Å²) in [5.74, 6) is 0.